The molecule has 0 heterocycles. The third-order valence-electron chi connectivity index (χ3n) is 3.11. The summed E-state index contributed by atoms with van der Waals surface area (Å²) in [6.45, 7) is 3.62. The lowest BCUT2D eigenvalue weighted by Gasteiger charge is -2.21. The van der Waals surface area contributed by atoms with Crippen LogP contribution >= 0.6 is 12.6 Å². The molecule has 0 bridgehead atoms. The topological polar surface area (TPSA) is 130 Å². The van der Waals surface area contributed by atoms with E-state index in [1.807, 2.05) is 0 Å². The maximum Gasteiger partial charge on any atom is 0.243 e. The second-order valence-electron chi connectivity index (χ2n) is 5.10. The lowest BCUT2D eigenvalue weighted by molar-refractivity contribution is -0.131. The molecular formula is C14H26N4O4S. The van der Waals surface area contributed by atoms with Gasteiger partial charge < -0.3 is 21.7 Å². The molecule has 0 radical (unpaired) electrons. The van der Waals surface area contributed by atoms with Gasteiger partial charge in [0, 0.05) is 25.6 Å². The molecule has 5 N–H and O–H groups in total. The van der Waals surface area contributed by atoms with Crippen LogP contribution in [0.2, 0.25) is 0 Å². The van der Waals surface area contributed by atoms with Crippen molar-refractivity contribution in [3.05, 3.63) is 0 Å². The summed E-state index contributed by atoms with van der Waals surface area (Å²) in [7, 11) is 0. The fourth-order valence-corrected chi connectivity index (χ4v) is 2.05. The molecule has 0 rings (SSSR count). The number of carbonyl (C=O) groups excluding carboxylic acids is 4. The Morgan fingerprint density at radius 3 is 2.22 bits per heavy atom. The van der Waals surface area contributed by atoms with Crippen LogP contribution in [0.3, 0.4) is 0 Å². The van der Waals surface area contributed by atoms with Gasteiger partial charge >= 0.3 is 0 Å². The number of hydrogen-bond acceptors (Lipinski definition) is 5. The number of nitrogens with one attached hydrogen (secondary N) is 3. The van der Waals surface area contributed by atoms with Crippen LogP contribution in [-0.4, -0.2) is 48.0 Å². The molecule has 0 aromatic rings. The van der Waals surface area contributed by atoms with Crippen LogP contribution in [0.15, 0.2) is 0 Å². The zero-order valence-corrected chi connectivity index (χ0v) is 14.4. The van der Waals surface area contributed by atoms with E-state index in [9.17, 15) is 19.2 Å². The van der Waals surface area contributed by atoms with Gasteiger partial charge in [-0.25, -0.2) is 0 Å². The van der Waals surface area contributed by atoms with E-state index in [0.29, 0.717) is 25.8 Å². The molecule has 0 aliphatic heterocycles. The van der Waals surface area contributed by atoms with E-state index < -0.39 is 23.9 Å². The molecule has 9 heteroatoms. The van der Waals surface area contributed by atoms with Crippen molar-refractivity contribution in [2.24, 2.45) is 5.73 Å². The molecule has 0 aliphatic carbocycles. The SMILES string of the molecule is CCC(=O)NC(CCCCNC(C)=O)C(=O)NC(CS)C(N)=O. The monoisotopic (exact) mass is 346 g/mol. The molecule has 2 atom stereocenters. The number of nitrogens with two attached hydrogens (primary N) is 1. The number of unbranched alkanes of at least 4 members (excludes halogenated alkanes) is 1. The Morgan fingerprint density at radius 1 is 1.09 bits per heavy atom. The minimum atomic E-state index is -0.883. The molecule has 0 aromatic carbocycles. The van der Waals surface area contributed by atoms with Gasteiger partial charge in [-0.1, -0.05) is 6.92 Å². The van der Waals surface area contributed by atoms with Crippen LogP contribution in [-0.2, 0) is 19.2 Å². The largest absolute Gasteiger partial charge is 0.368 e. The number of primary amides is 1. The third-order valence-corrected chi connectivity index (χ3v) is 3.47. The van der Waals surface area contributed by atoms with Crippen LogP contribution in [0.1, 0.15) is 39.5 Å². The predicted molar refractivity (Wildman–Crippen MR) is 89.7 cm³/mol. The Labute approximate surface area is 141 Å². The Kier molecular flexibility index (Phi) is 10.8. The van der Waals surface area contributed by atoms with Crippen molar-refractivity contribution in [1.29, 1.82) is 0 Å². The summed E-state index contributed by atoms with van der Waals surface area (Å²) >= 11 is 3.96. The van der Waals surface area contributed by atoms with E-state index >= 15 is 0 Å². The van der Waals surface area contributed by atoms with E-state index in [1.165, 1.54) is 6.92 Å². The maximum absolute atomic E-state index is 12.2. The first-order chi connectivity index (χ1) is 10.8. The predicted octanol–water partition coefficient (Wildman–Crippen LogP) is -0.912. The van der Waals surface area contributed by atoms with E-state index in [1.54, 1.807) is 6.92 Å². The summed E-state index contributed by atoms with van der Waals surface area (Å²) in [4.78, 5) is 45.7. The molecule has 23 heavy (non-hydrogen) atoms. The molecule has 132 valence electrons. The Balaban J connectivity index is 4.53. The molecule has 0 spiro atoms. The van der Waals surface area contributed by atoms with Gasteiger partial charge in [-0.3, -0.25) is 19.2 Å². The zero-order chi connectivity index (χ0) is 17.8. The van der Waals surface area contributed by atoms with Crippen molar-refractivity contribution < 1.29 is 19.2 Å². The molecule has 2 unspecified atom stereocenters. The van der Waals surface area contributed by atoms with E-state index in [-0.39, 0.29) is 24.0 Å². The lowest BCUT2D eigenvalue weighted by Crippen LogP contribution is -2.53. The molecule has 0 aliphatic rings. The number of amides is 4. The Morgan fingerprint density at radius 2 is 1.74 bits per heavy atom. The van der Waals surface area contributed by atoms with Gasteiger partial charge in [0.25, 0.3) is 0 Å². The quantitative estimate of drug-likeness (QED) is 0.245. The van der Waals surface area contributed by atoms with Crippen molar-refractivity contribution >= 4 is 36.3 Å². The first kappa shape index (κ1) is 21.2. The van der Waals surface area contributed by atoms with Crippen molar-refractivity contribution in [3.63, 3.8) is 0 Å². The van der Waals surface area contributed by atoms with Crippen molar-refractivity contribution in [1.82, 2.24) is 16.0 Å². The van der Waals surface area contributed by atoms with Gasteiger partial charge in [-0.05, 0) is 19.3 Å². The highest BCUT2D eigenvalue weighted by molar-refractivity contribution is 7.80. The maximum atomic E-state index is 12.2. The molecule has 0 fully saturated rings. The van der Waals surface area contributed by atoms with Crippen molar-refractivity contribution in [2.75, 3.05) is 12.3 Å². The highest BCUT2D eigenvalue weighted by Crippen LogP contribution is 2.03. The second-order valence-corrected chi connectivity index (χ2v) is 5.46. The van der Waals surface area contributed by atoms with Gasteiger partial charge in [0.05, 0.1) is 0 Å². The van der Waals surface area contributed by atoms with E-state index in [2.05, 4.69) is 28.6 Å². The minimum Gasteiger partial charge on any atom is -0.368 e. The fourth-order valence-electron chi connectivity index (χ4n) is 1.78. The van der Waals surface area contributed by atoms with Gasteiger partial charge in [0.1, 0.15) is 12.1 Å². The van der Waals surface area contributed by atoms with Gasteiger partial charge in [0.15, 0.2) is 0 Å². The number of carbonyl (C=O) groups is 4. The standard InChI is InChI=1S/C14H26N4O4S/c1-3-12(20)17-10(6-4-5-7-16-9(2)19)14(22)18-11(8-23)13(15)21/h10-11,23H,3-8H2,1-2H3,(H2,15,21)(H,16,19)(H,17,20)(H,18,22). The summed E-state index contributed by atoms with van der Waals surface area (Å²) in [5, 5.41) is 7.76. The second kappa shape index (κ2) is 11.8. The van der Waals surface area contributed by atoms with Crippen molar-refractivity contribution in [3.8, 4) is 0 Å². The fraction of sp³-hybridized carbons (Fsp3) is 0.714. The lowest BCUT2D eigenvalue weighted by atomic mass is 10.1. The van der Waals surface area contributed by atoms with Crippen LogP contribution < -0.4 is 21.7 Å². The average Bonchev–Trinajstić information content (AvgIpc) is 2.49. The summed E-state index contributed by atoms with van der Waals surface area (Å²) in [6.07, 6.45) is 1.96. The van der Waals surface area contributed by atoms with Crippen LogP contribution in [0.25, 0.3) is 0 Å². The van der Waals surface area contributed by atoms with Crippen molar-refractivity contribution in [2.45, 2.75) is 51.6 Å². The zero-order valence-electron chi connectivity index (χ0n) is 13.6. The molecule has 4 amide bonds. The van der Waals surface area contributed by atoms with Crippen LogP contribution in [0, 0.1) is 0 Å². The first-order valence-electron chi connectivity index (χ1n) is 7.56. The number of hydrogen-bond donors (Lipinski definition) is 5. The highest BCUT2D eigenvalue weighted by atomic mass is 32.1. The van der Waals surface area contributed by atoms with E-state index in [4.69, 9.17) is 5.73 Å². The molecule has 8 nitrogen and oxygen atoms in total. The molecule has 0 saturated heterocycles. The highest BCUT2D eigenvalue weighted by Gasteiger charge is 2.24. The summed E-state index contributed by atoms with van der Waals surface area (Å²) in [5.74, 6) is -1.44. The summed E-state index contributed by atoms with van der Waals surface area (Å²) < 4.78 is 0. The van der Waals surface area contributed by atoms with Gasteiger partial charge in [0.2, 0.25) is 23.6 Å². The first-order valence-corrected chi connectivity index (χ1v) is 8.19. The average molecular weight is 346 g/mol. The Bertz CT molecular complexity index is 431. The van der Waals surface area contributed by atoms with Gasteiger partial charge in [-0.15, -0.1) is 0 Å². The molecule has 0 saturated carbocycles. The Hall–Kier alpha value is -1.77. The summed E-state index contributed by atoms with van der Waals surface area (Å²) in [5.41, 5.74) is 5.16. The summed E-state index contributed by atoms with van der Waals surface area (Å²) in [6, 6.07) is -1.63. The van der Waals surface area contributed by atoms with Crippen LogP contribution in [0.5, 0.6) is 0 Å². The third kappa shape index (κ3) is 9.77. The minimum absolute atomic E-state index is 0.0814. The number of thiol groups is 1. The number of rotatable bonds is 11. The van der Waals surface area contributed by atoms with Gasteiger partial charge in [-0.2, -0.15) is 12.6 Å². The van der Waals surface area contributed by atoms with Crippen LogP contribution in [0.4, 0.5) is 0 Å². The molecule has 0 aromatic heterocycles. The molecular weight excluding hydrogens is 320 g/mol. The normalized spacial score (nSPS) is 12.8. The smallest absolute Gasteiger partial charge is 0.243 e. The van der Waals surface area contributed by atoms with E-state index in [0.717, 1.165) is 0 Å².